The number of pyridine rings is 1. The van der Waals surface area contributed by atoms with E-state index in [-0.39, 0.29) is 11.8 Å². The normalized spacial score (nSPS) is 12.2. The third-order valence-electron chi connectivity index (χ3n) is 2.57. The van der Waals surface area contributed by atoms with Gasteiger partial charge in [-0.15, -0.1) is 0 Å². The highest BCUT2D eigenvalue weighted by Gasteiger charge is 2.12. The average molecular weight is 221 g/mol. The van der Waals surface area contributed by atoms with Gasteiger partial charge < -0.3 is 11.1 Å². The summed E-state index contributed by atoms with van der Waals surface area (Å²) >= 11 is 0. The molecule has 0 aliphatic rings. The molecule has 0 saturated carbocycles. The zero-order valence-corrected chi connectivity index (χ0v) is 9.86. The molecule has 16 heavy (non-hydrogen) atoms. The fourth-order valence-electron chi connectivity index (χ4n) is 1.42. The molecule has 4 heteroatoms. The lowest BCUT2D eigenvalue weighted by Gasteiger charge is -2.12. The molecule has 0 bridgehead atoms. The number of aromatic nitrogens is 1. The van der Waals surface area contributed by atoms with Crippen LogP contribution in [0.2, 0.25) is 0 Å². The molecule has 3 N–H and O–H groups in total. The molecule has 0 spiro atoms. The van der Waals surface area contributed by atoms with Gasteiger partial charge in [-0.3, -0.25) is 9.78 Å². The highest BCUT2D eigenvalue weighted by atomic mass is 16.1. The number of hydrogen-bond acceptors (Lipinski definition) is 3. The summed E-state index contributed by atoms with van der Waals surface area (Å²) in [6, 6.07) is 1.81. The van der Waals surface area contributed by atoms with Gasteiger partial charge in [-0.1, -0.05) is 6.92 Å². The Morgan fingerprint density at radius 2 is 2.38 bits per heavy atom. The third-order valence-corrected chi connectivity index (χ3v) is 2.57. The number of amides is 1. The van der Waals surface area contributed by atoms with Crippen molar-refractivity contribution in [1.29, 1.82) is 0 Å². The van der Waals surface area contributed by atoms with Crippen molar-refractivity contribution in [3.8, 4) is 0 Å². The van der Waals surface area contributed by atoms with E-state index in [9.17, 15) is 4.79 Å². The van der Waals surface area contributed by atoms with Crippen molar-refractivity contribution in [3.05, 3.63) is 24.0 Å². The van der Waals surface area contributed by atoms with Gasteiger partial charge in [0.1, 0.15) is 0 Å². The second-order valence-electron chi connectivity index (χ2n) is 4.01. The van der Waals surface area contributed by atoms with E-state index in [0.717, 1.165) is 24.1 Å². The van der Waals surface area contributed by atoms with Crippen LogP contribution in [-0.2, 0) is 4.79 Å². The van der Waals surface area contributed by atoms with Gasteiger partial charge >= 0.3 is 0 Å². The first-order valence-electron chi connectivity index (χ1n) is 5.56. The Hall–Kier alpha value is -1.42. The summed E-state index contributed by atoms with van der Waals surface area (Å²) in [7, 11) is 0. The summed E-state index contributed by atoms with van der Waals surface area (Å²) in [5, 5.41) is 2.90. The lowest BCUT2D eigenvalue weighted by Crippen LogP contribution is -2.21. The van der Waals surface area contributed by atoms with Crippen LogP contribution in [0.3, 0.4) is 0 Å². The Morgan fingerprint density at radius 1 is 1.62 bits per heavy atom. The molecule has 1 aromatic rings. The number of carbonyl (C=O) groups is 1. The summed E-state index contributed by atoms with van der Waals surface area (Å²) in [5.41, 5.74) is 7.22. The van der Waals surface area contributed by atoms with E-state index in [1.54, 1.807) is 12.4 Å². The number of rotatable bonds is 5. The quantitative estimate of drug-likeness (QED) is 0.795. The average Bonchev–Trinajstić information content (AvgIpc) is 2.28. The summed E-state index contributed by atoms with van der Waals surface area (Å²) in [4.78, 5) is 15.8. The molecule has 1 rings (SSSR count). The second kappa shape index (κ2) is 6.23. The third kappa shape index (κ3) is 3.62. The summed E-state index contributed by atoms with van der Waals surface area (Å²) in [5.74, 6) is 0.0406. The monoisotopic (exact) mass is 221 g/mol. The molecule has 1 aromatic heterocycles. The van der Waals surface area contributed by atoms with Gasteiger partial charge in [0, 0.05) is 24.0 Å². The van der Waals surface area contributed by atoms with Crippen LogP contribution in [-0.4, -0.2) is 17.4 Å². The predicted octanol–water partition coefficient (Wildman–Crippen LogP) is 1.70. The van der Waals surface area contributed by atoms with Gasteiger partial charge in [-0.05, 0) is 37.9 Å². The molecule has 0 fully saturated rings. The van der Waals surface area contributed by atoms with Crippen molar-refractivity contribution in [2.24, 2.45) is 11.7 Å². The first kappa shape index (κ1) is 12.6. The maximum absolute atomic E-state index is 11.8. The van der Waals surface area contributed by atoms with Gasteiger partial charge in [0.05, 0.1) is 0 Å². The van der Waals surface area contributed by atoms with Crippen LogP contribution in [0.15, 0.2) is 18.5 Å². The van der Waals surface area contributed by atoms with E-state index < -0.39 is 0 Å². The number of nitrogens with two attached hydrogens (primary N) is 1. The highest BCUT2D eigenvalue weighted by Crippen LogP contribution is 2.14. The Bertz CT molecular complexity index is 352. The van der Waals surface area contributed by atoms with Crippen molar-refractivity contribution in [3.63, 3.8) is 0 Å². The minimum atomic E-state index is -0.00360. The van der Waals surface area contributed by atoms with E-state index in [2.05, 4.69) is 10.3 Å². The molecule has 0 aliphatic carbocycles. The van der Waals surface area contributed by atoms with Crippen LogP contribution in [0.1, 0.15) is 25.3 Å². The van der Waals surface area contributed by atoms with Crippen molar-refractivity contribution in [2.45, 2.75) is 26.7 Å². The standard InChI is InChI=1S/C12H19N3O/c1-9(4-3-6-13)12(16)15-11-5-7-14-8-10(11)2/h5,7-9H,3-4,6,13H2,1-2H3,(H,14,15,16). The molecular weight excluding hydrogens is 202 g/mol. The maximum Gasteiger partial charge on any atom is 0.227 e. The van der Waals surface area contributed by atoms with E-state index in [1.807, 2.05) is 19.9 Å². The van der Waals surface area contributed by atoms with Gasteiger partial charge in [-0.2, -0.15) is 0 Å². The molecule has 1 unspecified atom stereocenters. The smallest absolute Gasteiger partial charge is 0.227 e. The molecule has 88 valence electrons. The zero-order chi connectivity index (χ0) is 12.0. The van der Waals surface area contributed by atoms with E-state index in [0.29, 0.717) is 6.54 Å². The number of aryl methyl sites for hydroxylation is 1. The largest absolute Gasteiger partial charge is 0.330 e. The number of nitrogens with zero attached hydrogens (tertiary/aromatic N) is 1. The fraction of sp³-hybridized carbons (Fsp3) is 0.500. The molecule has 1 amide bonds. The van der Waals surface area contributed by atoms with Crippen molar-refractivity contribution >= 4 is 11.6 Å². The number of anilines is 1. The number of hydrogen-bond donors (Lipinski definition) is 2. The fourth-order valence-corrected chi connectivity index (χ4v) is 1.42. The van der Waals surface area contributed by atoms with Gasteiger partial charge in [0.15, 0.2) is 0 Å². The number of carbonyl (C=O) groups excluding carboxylic acids is 1. The SMILES string of the molecule is Cc1cnccc1NC(=O)C(C)CCCN. The summed E-state index contributed by atoms with van der Waals surface area (Å²) in [6.07, 6.45) is 5.11. The molecule has 4 nitrogen and oxygen atoms in total. The molecular formula is C12H19N3O. The van der Waals surface area contributed by atoms with Crippen LogP contribution in [0.5, 0.6) is 0 Å². The van der Waals surface area contributed by atoms with E-state index in [4.69, 9.17) is 5.73 Å². The molecule has 1 atom stereocenters. The zero-order valence-electron chi connectivity index (χ0n) is 9.86. The minimum absolute atomic E-state index is 0.00360. The lowest BCUT2D eigenvalue weighted by atomic mass is 10.0. The summed E-state index contributed by atoms with van der Waals surface area (Å²) in [6.45, 7) is 4.47. The Morgan fingerprint density at radius 3 is 3.00 bits per heavy atom. The Kier molecular flexibility index (Phi) is 4.92. The van der Waals surface area contributed by atoms with Crippen molar-refractivity contribution in [2.75, 3.05) is 11.9 Å². The van der Waals surface area contributed by atoms with Crippen LogP contribution in [0.25, 0.3) is 0 Å². The maximum atomic E-state index is 11.8. The topological polar surface area (TPSA) is 68.0 Å². The van der Waals surface area contributed by atoms with Crippen molar-refractivity contribution in [1.82, 2.24) is 4.98 Å². The van der Waals surface area contributed by atoms with Gasteiger partial charge in [0.2, 0.25) is 5.91 Å². The Balaban J connectivity index is 2.54. The molecule has 0 radical (unpaired) electrons. The first-order chi connectivity index (χ1) is 7.65. The number of nitrogens with one attached hydrogen (secondary N) is 1. The first-order valence-corrected chi connectivity index (χ1v) is 5.56. The molecule has 0 aliphatic heterocycles. The van der Waals surface area contributed by atoms with Gasteiger partial charge in [0.25, 0.3) is 0 Å². The predicted molar refractivity (Wildman–Crippen MR) is 65.1 cm³/mol. The second-order valence-corrected chi connectivity index (χ2v) is 4.01. The van der Waals surface area contributed by atoms with Crippen LogP contribution in [0, 0.1) is 12.8 Å². The van der Waals surface area contributed by atoms with E-state index >= 15 is 0 Å². The molecule has 0 aromatic carbocycles. The minimum Gasteiger partial charge on any atom is -0.330 e. The van der Waals surface area contributed by atoms with E-state index in [1.165, 1.54) is 0 Å². The molecule has 0 saturated heterocycles. The van der Waals surface area contributed by atoms with Gasteiger partial charge in [-0.25, -0.2) is 0 Å². The summed E-state index contributed by atoms with van der Waals surface area (Å²) < 4.78 is 0. The highest BCUT2D eigenvalue weighted by molar-refractivity contribution is 5.92. The Labute approximate surface area is 96.3 Å². The van der Waals surface area contributed by atoms with Crippen LogP contribution in [0.4, 0.5) is 5.69 Å². The van der Waals surface area contributed by atoms with Crippen LogP contribution < -0.4 is 11.1 Å². The molecule has 1 heterocycles. The van der Waals surface area contributed by atoms with Crippen molar-refractivity contribution < 1.29 is 4.79 Å². The lowest BCUT2D eigenvalue weighted by molar-refractivity contribution is -0.119. The van der Waals surface area contributed by atoms with Crippen LogP contribution >= 0.6 is 0 Å².